The number of benzene rings is 2. The monoisotopic (exact) mass is 413 g/mol. The molecular weight excluding hydrogens is 391 g/mol. The summed E-state index contributed by atoms with van der Waals surface area (Å²) in [5.41, 5.74) is 2.50. The highest BCUT2D eigenvalue weighted by molar-refractivity contribution is 5.95. The van der Waals surface area contributed by atoms with Crippen LogP contribution in [0, 0.1) is 6.92 Å². The maximum atomic E-state index is 13.0. The number of nitrogens with zero attached hydrogens (tertiary/aromatic N) is 3. The van der Waals surface area contributed by atoms with Crippen molar-refractivity contribution in [1.29, 1.82) is 0 Å². The van der Waals surface area contributed by atoms with E-state index in [9.17, 15) is 18.0 Å². The molecule has 0 bridgehead atoms. The van der Waals surface area contributed by atoms with Gasteiger partial charge in [0.15, 0.2) is 0 Å². The first-order valence-corrected chi connectivity index (χ1v) is 9.78. The van der Waals surface area contributed by atoms with Gasteiger partial charge in [0.1, 0.15) is 0 Å². The van der Waals surface area contributed by atoms with Gasteiger partial charge in [-0.05, 0) is 55.0 Å². The minimum Gasteiger partial charge on any atom is -0.368 e. The molecular formula is C23H22F3N3O. The summed E-state index contributed by atoms with van der Waals surface area (Å²) >= 11 is 0. The van der Waals surface area contributed by atoms with Crippen LogP contribution in [0.5, 0.6) is 0 Å². The van der Waals surface area contributed by atoms with E-state index in [0.29, 0.717) is 37.4 Å². The lowest BCUT2D eigenvalue weighted by Gasteiger charge is -2.36. The smallest absolute Gasteiger partial charge is 0.368 e. The molecule has 1 fully saturated rings. The third-order valence-electron chi connectivity index (χ3n) is 5.44. The fourth-order valence-electron chi connectivity index (χ4n) is 3.74. The van der Waals surface area contributed by atoms with Gasteiger partial charge in [-0.25, -0.2) is 0 Å². The van der Waals surface area contributed by atoms with Crippen molar-refractivity contribution in [3.8, 4) is 5.69 Å². The van der Waals surface area contributed by atoms with Crippen LogP contribution in [-0.4, -0.2) is 41.6 Å². The van der Waals surface area contributed by atoms with Crippen LogP contribution < -0.4 is 4.90 Å². The van der Waals surface area contributed by atoms with Crippen LogP contribution in [0.4, 0.5) is 18.9 Å². The molecule has 4 rings (SSSR count). The number of amides is 1. The summed E-state index contributed by atoms with van der Waals surface area (Å²) in [7, 11) is 0. The van der Waals surface area contributed by atoms with Gasteiger partial charge >= 0.3 is 6.18 Å². The van der Waals surface area contributed by atoms with Crippen molar-refractivity contribution >= 4 is 11.6 Å². The van der Waals surface area contributed by atoms with Gasteiger partial charge in [-0.3, -0.25) is 4.79 Å². The van der Waals surface area contributed by atoms with Gasteiger partial charge in [0.2, 0.25) is 0 Å². The predicted octanol–water partition coefficient (Wildman–Crippen LogP) is 4.77. The van der Waals surface area contributed by atoms with Crippen molar-refractivity contribution in [1.82, 2.24) is 9.47 Å². The molecule has 0 aliphatic carbocycles. The first-order chi connectivity index (χ1) is 14.3. The van der Waals surface area contributed by atoms with Gasteiger partial charge in [0, 0.05) is 55.5 Å². The fraction of sp³-hybridized carbons (Fsp3) is 0.261. The highest BCUT2D eigenvalue weighted by Gasteiger charge is 2.31. The maximum Gasteiger partial charge on any atom is 0.416 e. The highest BCUT2D eigenvalue weighted by Crippen LogP contribution is 2.32. The van der Waals surface area contributed by atoms with E-state index in [2.05, 4.69) is 0 Å². The minimum atomic E-state index is -4.36. The zero-order valence-electron chi connectivity index (χ0n) is 16.6. The first kappa shape index (κ1) is 20.1. The summed E-state index contributed by atoms with van der Waals surface area (Å²) in [5.74, 6) is -0.0629. The molecule has 30 heavy (non-hydrogen) atoms. The summed E-state index contributed by atoms with van der Waals surface area (Å²) in [5, 5.41) is 0. The second-order valence-electron chi connectivity index (χ2n) is 7.42. The number of aryl methyl sites for hydroxylation is 1. The second-order valence-corrected chi connectivity index (χ2v) is 7.42. The summed E-state index contributed by atoms with van der Waals surface area (Å²) in [6, 6.07) is 14.8. The van der Waals surface area contributed by atoms with Crippen LogP contribution in [0.1, 0.15) is 21.5 Å². The van der Waals surface area contributed by atoms with E-state index < -0.39 is 11.7 Å². The molecule has 0 N–H and O–H groups in total. The van der Waals surface area contributed by atoms with Gasteiger partial charge in [-0.15, -0.1) is 0 Å². The van der Waals surface area contributed by atoms with Gasteiger partial charge in [0.05, 0.1) is 5.56 Å². The van der Waals surface area contributed by atoms with Crippen molar-refractivity contribution in [2.45, 2.75) is 13.1 Å². The van der Waals surface area contributed by atoms with E-state index in [4.69, 9.17) is 0 Å². The number of rotatable bonds is 3. The predicted molar refractivity (Wildman–Crippen MR) is 110 cm³/mol. The quantitative estimate of drug-likeness (QED) is 0.619. The Labute approximate surface area is 173 Å². The number of carbonyl (C=O) groups excluding carboxylic acids is 1. The van der Waals surface area contributed by atoms with E-state index >= 15 is 0 Å². The van der Waals surface area contributed by atoms with Crippen molar-refractivity contribution in [2.75, 3.05) is 31.1 Å². The van der Waals surface area contributed by atoms with Crippen molar-refractivity contribution < 1.29 is 18.0 Å². The summed E-state index contributed by atoms with van der Waals surface area (Å²) in [6.07, 6.45) is -0.495. The molecule has 3 aromatic rings. The third kappa shape index (κ3) is 4.06. The molecule has 1 saturated heterocycles. The van der Waals surface area contributed by atoms with Crippen LogP contribution in [0.25, 0.3) is 5.69 Å². The lowest BCUT2D eigenvalue weighted by molar-refractivity contribution is -0.137. The number of alkyl halides is 3. The Morgan fingerprint density at radius 3 is 2.27 bits per heavy atom. The molecule has 0 spiro atoms. The summed E-state index contributed by atoms with van der Waals surface area (Å²) < 4.78 is 40.9. The standard InChI is InChI=1S/C23H22F3N3O/c1-17-7-8-18(15-21(17)28-9-2-3-10-28)22(30)29-13-11-27(12-14-29)20-6-4-5-19(16-20)23(24,25)26/h2-10,15-16H,11-14H2,1H3. The SMILES string of the molecule is Cc1ccc(C(=O)N2CCN(c3cccc(C(F)(F)F)c3)CC2)cc1-n1cccc1. The molecule has 0 atom stereocenters. The van der Waals surface area contributed by atoms with E-state index in [-0.39, 0.29) is 5.91 Å². The van der Waals surface area contributed by atoms with Gasteiger partial charge in [-0.2, -0.15) is 13.2 Å². The molecule has 2 heterocycles. The molecule has 1 aliphatic rings. The molecule has 0 saturated carbocycles. The Hall–Kier alpha value is -3.22. The summed E-state index contributed by atoms with van der Waals surface area (Å²) in [6.45, 7) is 3.90. The Morgan fingerprint density at radius 2 is 1.60 bits per heavy atom. The first-order valence-electron chi connectivity index (χ1n) is 9.78. The Bertz CT molecular complexity index is 1040. The van der Waals surface area contributed by atoms with E-state index in [1.165, 1.54) is 12.1 Å². The molecule has 156 valence electrons. The van der Waals surface area contributed by atoms with Crippen LogP contribution >= 0.6 is 0 Å². The minimum absolute atomic E-state index is 0.0629. The van der Waals surface area contributed by atoms with Gasteiger partial charge in [-0.1, -0.05) is 12.1 Å². The van der Waals surface area contributed by atoms with Crippen molar-refractivity contribution in [3.05, 3.63) is 83.7 Å². The van der Waals surface area contributed by atoms with E-state index in [1.54, 1.807) is 11.0 Å². The maximum absolute atomic E-state index is 13.0. The topological polar surface area (TPSA) is 28.5 Å². The molecule has 0 unspecified atom stereocenters. The lowest BCUT2D eigenvalue weighted by Crippen LogP contribution is -2.48. The van der Waals surface area contributed by atoms with Gasteiger partial charge < -0.3 is 14.4 Å². The summed E-state index contributed by atoms with van der Waals surface area (Å²) in [4.78, 5) is 16.7. The molecule has 1 aliphatic heterocycles. The number of hydrogen-bond donors (Lipinski definition) is 0. The lowest BCUT2D eigenvalue weighted by atomic mass is 10.1. The average molecular weight is 413 g/mol. The number of piperazine rings is 1. The second kappa shape index (κ2) is 7.89. The number of aromatic nitrogens is 1. The molecule has 1 amide bonds. The third-order valence-corrected chi connectivity index (χ3v) is 5.44. The largest absolute Gasteiger partial charge is 0.416 e. The molecule has 4 nitrogen and oxygen atoms in total. The van der Waals surface area contributed by atoms with Crippen molar-refractivity contribution in [3.63, 3.8) is 0 Å². The van der Waals surface area contributed by atoms with Crippen molar-refractivity contribution in [2.24, 2.45) is 0 Å². The number of halogens is 3. The van der Waals surface area contributed by atoms with Crippen LogP contribution in [0.3, 0.4) is 0 Å². The van der Waals surface area contributed by atoms with Crippen LogP contribution in [-0.2, 0) is 6.18 Å². The Morgan fingerprint density at radius 1 is 0.900 bits per heavy atom. The number of anilines is 1. The van der Waals surface area contributed by atoms with Gasteiger partial charge in [0.25, 0.3) is 5.91 Å². The Balaban J connectivity index is 1.46. The fourth-order valence-corrected chi connectivity index (χ4v) is 3.74. The zero-order chi connectivity index (χ0) is 21.3. The van der Waals surface area contributed by atoms with E-state index in [0.717, 1.165) is 17.3 Å². The molecule has 7 heteroatoms. The number of carbonyl (C=O) groups is 1. The molecule has 1 aromatic heterocycles. The van der Waals surface area contributed by atoms with E-state index in [1.807, 2.05) is 59.1 Å². The normalized spacial score (nSPS) is 14.8. The van der Waals surface area contributed by atoms with Crippen LogP contribution in [0.2, 0.25) is 0 Å². The van der Waals surface area contributed by atoms with Crippen LogP contribution in [0.15, 0.2) is 67.0 Å². The Kier molecular flexibility index (Phi) is 5.28. The zero-order valence-corrected chi connectivity index (χ0v) is 16.6. The highest BCUT2D eigenvalue weighted by atomic mass is 19.4. The molecule has 2 aromatic carbocycles. The number of hydrogen-bond acceptors (Lipinski definition) is 2. The average Bonchev–Trinajstić information content (AvgIpc) is 3.28. The molecule has 0 radical (unpaired) electrons.